The van der Waals surface area contributed by atoms with Crippen LogP contribution in [0.2, 0.25) is 0 Å². The predicted molar refractivity (Wildman–Crippen MR) is 72.0 cm³/mol. The normalized spacial score (nSPS) is 20.6. The van der Waals surface area contributed by atoms with E-state index in [0.29, 0.717) is 6.61 Å². The standard InChI is InChI=1S/C15H21NO/c1-2-17-15-9-7-12(8-10-15)13-5-3-4-6-14(16)11-13/h7-11,14H,2-6,16H2,1H3. The van der Waals surface area contributed by atoms with E-state index in [4.69, 9.17) is 10.5 Å². The third-order valence-corrected chi connectivity index (χ3v) is 3.18. The van der Waals surface area contributed by atoms with Crippen LogP contribution in [0, 0.1) is 0 Å². The van der Waals surface area contributed by atoms with Crippen molar-refractivity contribution in [1.29, 1.82) is 0 Å². The number of ether oxygens (including phenoxy) is 1. The molecule has 1 unspecified atom stereocenters. The maximum absolute atomic E-state index is 6.04. The molecule has 1 atom stereocenters. The van der Waals surface area contributed by atoms with E-state index in [1.807, 2.05) is 19.1 Å². The third kappa shape index (κ3) is 3.34. The van der Waals surface area contributed by atoms with Gasteiger partial charge in [-0.2, -0.15) is 0 Å². The van der Waals surface area contributed by atoms with Gasteiger partial charge in [0, 0.05) is 6.04 Å². The van der Waals surface area contributed by atoms with Crippen molar-refractivity contribution in [2.75, 3.05) is 6.61 Å². The third-order valence-electron chi connectivity index (χ3n) is 3.18. The molecule has 2 N–H and O–H groups in total. The Hall–Kier alpha value is -1.28. The molecular weight excluding hydrogens is 210 g/mol. The number of rotatable bonds is 3. The zero-order valence-corrected chi connectivity index (χ0v) is 10.5. The summed E-state index contributed by atoms with van der Waals surface area (Å²) in [5.74, 6) is 0.940. The molecule has 1 aliphatic carbocycles. The molecule has 0 fully saturated rings. The quantitative estimate of drug-likeness (QED) is 0.865. The van der Waals surface area contributed by atoms with E-state index in [1.165, 1.54) is 24.0 Å². The second-order valence-electron chi connectivity index (χ2n) is 4.56. The lowest BCUT2D eigenvalue weighted by Gasteiger charge is -2.08. The molecule has 0 aliphatic heterocycles. The van der Waals surface area contributed by atoms with Crippen molar-refractivity contribution in [3.63, 3.8) is 0 Å². The molecule has 17 heavy (non-hydrogen) atoms. The molecule has 0 aromatic heterocycles. The van der Waals surface area contributed by atoms with E-state index in [0.717, 1.165) is 18.6 Å². The fourth-order valence-electron chi connectivity index (χ4n) is 2.29. The van der Waals surface area contributed by atoms with Gasteiger partial charge in [-0.25, -0.2) is 0 Å². The van der Waals surface area contributed by atoms with Gasteiger partial charge in [0.2, 0.25) is 0 Å². The average molecular weight is 231 g/mol. The van der Waals surface area contributed by atoms with E-state index < -0.39 is 0 Å². The van der Waals surface area contributed by atoms with Gasteiger partial charge in [-0.15, -0.1) is 0 Å². The lowest BCUT2D eigenvalue weighted by molar-refractivity contribution is 0.340. The molecule has 2 nitrogen and oxygen atoms in total. The Labute approximate surface area is 103 Å². The Morgan fingerprint density at radius 1 is 1.24 bits per heavy atom. The number of benzene rings is 1. The van der Waals surface area contributed by atoms with Crippen LogP contribution in [0.25, 0.3) is 5.57 Å². The van der Waals surface area contributed by atoms with Gasteiger partial charge in [0.25, 0.3) is 0 Å². The van der Waals surface area contributed by atoms with E-state index in [1.54, 1.807) is 0 Å². The number of allylic oxidation sites excluding steroid dienone is 1. The van der Waals surface area contributed by atoms with Crippen LogP contribution in [-0.4, -0.2) is 12.6 Å². The van der Waals surface area contributed by atoms with Crippen molar-refractivity contribution in [3.8, 4) is 5.75 Å². The Morgan fingerprint density at radius 3 is 2.71 bits per heavy atom. The van der Waals surface area contributed by atoms with Crippen molar-refractivity contribution >= 4 is 5.57 Å². The minimum absolute atomic E-state index is 0.221. The van der Waals surface area contributed by atoms with Crippen LogP contribution in [0.15, 0.2) is 30.3 Å². The second-order valence-corrected chi connectivity index (χ2v) is 4.56. The predicted octanol–water partition coefficient (Wildman–Crippen LogP) is 3.37. The summed E-state index contributed by atoms with van der Waals surface area (Å²) in [4.78, 5) is 0. The molecule has 0 saturated carbocycles. The molecule has 2 heteroatoms. The lowest BCUT2D eigenvalue weighted by atomic mass is 10.0. The van der Waals surface area contributed by atoms with E-state index in [2.05, 4.69) is 18.2 Å². The van der Waals surface area contributed by atoms with E-state index in [9.17, 15) is 0 Å². The summed E-state index contributed by atoms with van der Waals surface area (Å²) < 4.78 is 5.45. The monoisotopic (exact) mass is 231 g/mol. The van der Waals surface area contributed by atoms with Gasteiger partial charge in [0.15, 0.2) is 0 Å². The van der Waals surface area contributed by atoms with Gasteiger partial charge in [-0.05, 0) is 49.5 Å². The molecular formula is C15H21NO. The average Bonchev–Trinajstić information content (AvgIpc) is 2.55. The Bertz CT molecular complexity index is 380. The molecule has 2 rings (SSSR count). The maximum atomic E-state index is 6.04. The van der Waals surface area contributed by atoms with Gasteiger partial charge in [0.1, 0.15) is 5.75 Å². The van der Waals surface area contributed by atoms with Gasteiger partial charge in [-0.1, -0.05) is 24.6 Å². The zero-order valence-electron chi connectivity index (χ0n) is 10.5. The van der Waals surface area contributed by atoms with Crippen LogP contribution in [0.1, 0.15) is 38.2 Å². The summed E-state index contributed by atoms with van der Waals surface area (Å²) >= 11 is 0. The van der Waals surface area contributed by atoms with Crippen molar-refractivity contribution in [2.45, 2.75) is 38.6 Å². The minimum Gasteiger partial charge on any atom is -0.494 e. The van der Waals surface area contributed by atoms with Crippen LogP contribution in [-0.2, 0) is 0 Å². The molecule has 92 valence electrons. The first-order chi connectivity index (χ1) is 8.29. The summed E-state index contributed by atoms with van der Waals surface area (Å²) in [7, 11) is 0. The maximum Gasteiger partial charge on any atom is 0.119 e. The van der Waals surface area contributed by atoms with E-state index in [-0.39, 0.29) is 6.04 Å². The van der Waals surface area contributed by atoms with Gasteiger partial charge in [-0.3, -0.25) is 0 Å². The van der Waals surface area contributed by atoms with Crippen LogP contribution < -0.4 is 10.5 Å². The molecule has 0 radical (unpaired) electrons. The smallest absolute Gasteiger partial charge is 0.119 e. The molecule has 0 bridgehead atoms. The van der Waals surface area contributed by atoms with Crippen LogP contribution in [0.3, 0.4) is 0 Å². The highest BCUT2D eigenvalue weighted by Crippen LogP contribution is 2.26. The molecule has 1 aromatic rings. The van der Waals surface area contributed by atoms with Gasteiger partial charge >= 0.3 is 0 Å². The number of hydrogen-bond acceptors (Lipinski definition) is 2. The molecule has 1 aromatic carbocycles. The molecule has 0 amide bonds. The van der Waals surface area contributed by atoms with E-state index >= 15 is 0 Å². The fourth-order valence-corrected chi connectivity index (χ4v) is 2.29. The van der Waals surface area contributed by atoms with Crippen molar-refractivity contribution in [2.24, 2.45) is 5.73 Å². The summed E-state index contributed by atoms with van der Waals surface area (Å²) in [5, 5.41) is 0. The van der Waals surface area contributed by atoms with Crippen LogP contribution in [0.4, 0.5) is 0 Å². The van der Waals surface area contributed by atoms with Crippen molar-refractivity contribution < 1.29 is 4.74 Å². The summed E-state index contributed by atoms with van der Waals surface area (Å²) in [6.45, 7) is 2.72. The second kappa shape index (κ2) is 5.87. The van der Waals surface area contributed by atoms with Crippen LogP contribution in [0.5, 0.6) is 5.75 Å². The van der Waals surface area contributed by atoms with Crippen molar-refractivity contribution in [1.82, 2.24) is 0 Å². The molecule has 1 aliphatic rings. The number of nitrogens with two attached hydrogens (primary N) is 1. The lowest BCUT2D eigenvalue weighted by Crippen LogP contribution is -2.15. The first-order valence-electron chi connectivity index (χ1n) is 6.49. The topological polar surface area (TPSA) is 35.2 Å². The zero-order chi connectivity index (χ0) is 12.1. The number of hydrogen-bond donors (Lipinski definition) is 1. The van der Waals surface area contributed by atoms with Crippen LogP contribution >= 0.6 is 0 Å². The minimum atomic E-state index is 0.221. The summed E-state index contributed by atoms with van der Waals surface area (Å²) in [6.07, 6.45) is 6.95. The molecule has 0 heterocycles. The highest BCUT2D eigenvalue weighted by Gasteiger charge is 2.09. The first kappa shape index (κ1) is 12.2. The summed E-state index contributed by atoms with van der Waals surface area (Å²) in [6, 6.07) is 8.56. The Morgan fingerprint density at radius 2 is 2.00 bits per heavy atom. The molecule has 0 saturated heterocycles. The van der Waals surface area contributed by atoms with Gasteiger partial charge in [0.05, 0.1) is 6.61 Å². The fraction of sp³-hybridized carbons (Fsp3) is 0.467. The Kier molecular flexibility index (Phi) is 4.21. The molecule has 0 spiro atoms. The largest absolute Gasteiger partial charge is 0.494 e. The highest BCUT2D eigenvalue weighted by molar-refractivity contribution is 5.66. The Balaban J connectivity index is 2.15. The highest BCUT2D eigenvalue weighted by atomic mass is 16.5. The van der Waals surface area contributed by atoms with Gasteiger partial charge < -0.3 is 10.5 Å². The summed E-state index contributed by atoms with van der Waals surface area (Å²) in [5.41, 5.74) is 8.71. The SMILES string of the molecule is CCOc1ccc(C2=CC(N)CCCC2)cc1. The van der Waals surface area contributed by atoms with Crippen molar-refractivity contribution in [3.05, 3.63) is 35.9 Å². The first-order valence-corrected chi connectivity index (χ1v) is 6.49.